The second-order valence-electron chi connectivity index (χ2n) is 4.94. The topological polar surface area (TPSA) is 80.0 Å². The van der Waals surface area contributed by atoms with Gasteiger partial charge in [0.05, 0.1) is 5.92 Å². The highest BCUT2D eigenvalue weighted by Gasteiger charge is 2.26. The molecule has 1 saturated carbocycles. The molecule has 1 aliphatic carbocycles. The van der Waals surface area contributed by atoms with Crippen LogP contribution >= 0.6 is 0 Å². The molecule has 18 heavy (non-hydrogen) atoms. The molecule has 0 bridgehead atoms. The van der Waals surface area contributed by atoms with E-state index in [1.165, 1.54) is 0 Å². The molecule has 1 aromatic rings. The van der Waals surface area contributed by atoms with Crippen LogP contribution in [0.3, 0.4) is 0 Å². The van der Waals surface area contributed by atoms with Gasteiger partial charge in [-0.3, -0.25) is 9.48 Å². The summed E-state index contributed by atoms with van der Waals surface area (Å²) >= 11 is 0. The van der Waals surface area contributed by atoms with Crippen molar-refractivity contribution in [2.45, 2.75) is 38.1 Å². The number of aliphatic carboxylic acids is 1. The minimum absolute atomic E-state index is 0.177. The van der Waals surface area contributed by atoms with Crippen LogP contribution in [0.2, 0.25) is 0 Å². The summed E-state index contributed by atoms with van der Waals surface area (Å²) in [6.07, 6.45) is 6.10. The van der Waals surface area contributed by atoms with Gasteiger partial charge in [-0.1, -0.05) is 6.42 Å². The third kappa shape index (κ3) is 3.53. The van der Waals surface area contributed by atoms with E-state index in [-0.39, 0.29) is 5.92 Å². The molecule has 0 spiro atoms. The molecule has 0 aromatic carbocycles. The summed E-state index contributed by atoms with van der Waals surface area (Å²) in [4.78, 5) is 15.1. The first-order chi connectivity index (χ1) is 8.65. The van der Waals surface area contributed by atoms with Gasteiger partial charge in [-0.05, 0) is 19.3 Å². The monoisotopic (exact) mass is 252 g/mol. The lowest BCUT2D eigenvalue weighted by Crippen LogP contribution is -2.37. The van der Waals surface area contributed by atoms with Gasteiger partial charge in [0.1, 0.15) is 6.33 Å². The largest absolute Gasteiger partial charge is 0.481 e. The van der Waals surface area contributed by atoms with Gasteiger partial charge in [0.25, 0.3) is 0 Å². The summed E-state index contributed by atoms with van der Waals surface area (Å²) in [7, 11) is 1.85. The second kappa shape index (κ2) is 5.95. The molecule has 6 heteroatoms. The van der Waals surface area contributed by atoms with Crippen molar-refractivity contribution in [3.05, 3.63) is 12.2 Å². The summed E-state index contributed by atoms with van der Waals surface area (Å²) in [5, 5.41) is 16.6. The van der Waals surface area contributed by atoms with E-state index < -0.39 is 5.97 Å². The Kier molecular flexibility index (Phi) is 4.30. The summed E-state index contributed by atoms with van der Waals surface area (Å²) in [6.45, 7) is 0.807. The van der Waals surface area contributed by atoms with Crippen molar-refractivity contribution < 1.29 is 9.90 Å². The van der Waals surface area contributed by atoms with Gasteiger partial charge in [-0.2, -0.15) is 5.10 Å². The van der Waals surface area contributed by atoms with Crippen LogP contribution in [0.15, 0.2) is 6.33 Å². The third-order valence-corrected chi connectivity index (χ3v) is 3.45. The number of carbonyl (C=O) groups is 1. The molecule has 0 aliphatic heterocycles. The number of aromatic nitrogens is 3. The van der Waals surface area contributed by atoms with Crippen molar-refractivity contribution >= 4 is 5.97 Å². The van der Waals surface area contributed by atoms with Gasteiger partial charge >= 0.3 is 5.97 Å². The van der Waals surface area contributed by atoms with Crippen LogP contribution in [0, 0.1) is 5.92 Å². The summed E-state index contributed by atoms with van der Waals surface area (Å²) in [6, 6.07) is 0.323. The number of nitrogens with zero attached hydrogens (tertiary/aromatic N) is 3. The van der Waals surface area contributed by atoms with E-state index in [1.54, 1.807) is 11.0 Å². The third-order valence-electron chi connectivity index (χ3n) is 3.45. The molecule has 1 heterocycles. The van der Waals surface area contributed by atoms with Gasteiger partial charge < -0.3 is 10.4 Å². The van der Waals surface area contributed by atoms with Crippen LogP contribution in [0.1, 0.15) is 31.5 Å². The Morgan fingerprint density at radius 3 is 3.11 bits per heavy atom. The molecule has 0 radical (unpaired) electrons. The molecule has 1 fully saturated rings. The summed E-state index contributed by atoms with van der Waals surface area (Å²) in [5.41, 5.74) is 0. The van der Waals surface area contributed by atoms with Crippen molar-refractivity contribution in [3.8, 4) is 0 Å². The maximum Gasteiger partial charge on any atom is 0.306 e. The van der Waals surface area contributed by atoms with Crippen LogP contribution in [-0.4, -0.2) is 38.4 Å². The van der Waals surface area contributed by atoms with Crippen molar-refractivity contribution in [1.29, 1.82) is 0 Å². The molecule has 6 nitrogen and oxygen atoms in total. The van der Waals surface area contributed by atoms with E-state index in [0.717, 1.165) is 44.5 Å². The first kappa shape index (κ1) is 13.0. The van der Waals surface area contributed by atoms with Crippen molar-refractivity contribution in [1.82, 2.24) is 20.1 Å². The highest BCUT2D eigenvalue weighted by atomic mass is 16.4. The predicted octanol–water partition coefficient (Wildman–Crippen LogP) is 0.591. The van der Waals surface area contributed by atoms with E-state index in [4.69, 9.17) is 5.11 Å². The molecule has 2 unspecified atom stereocenters. The molecule has 2 N–H and O–H groups in total. The molecule has 1 aromatic heterocycles. The maximum atomic E-state index is 10.9. The van der Waals surface area contributed by atoms with Crippen LogP contribution < -0.4 is 5.32 Å². The number of carboxylic acid groups (broad SMARTS) is 1. The predicted molar refractivity (Wildman–Crippen MR) is 66.1 cm³/mol. The van der Waals surface area contributed by atoms with Gasteiger partial charge in [-0.15, -0.1) is 0 Å². The minimum Gasteiger partial charge on any atom is -0.481 e. The quantitative estimate of drug-likeness (QED) is 0.801. The molecular formula is C12H20N4O2. The Labute approximate surface area is 106 Å². The fraction of sp³-hybridized carbons (Fsp3) is 0.750. The van der Waals surface area contributed by atoms with Crippen LogP contribution in [-0.2, 0) is 18.3 Å². The first-order valence-corrected chi connectivity index (χ1v) is 6.46. The second-order valence-corrected chi connectivity index (χ2v) is 4.94. The smallest absolute Gasteiger partial charge is 0.306 e. The molecule has 2 rings (SSSR count). The zero-order chi connectivity index (χ0) is 13.0. The lowest BCUT2D eigenvalue weighted by atomic mass is 9.86. The van der Waals surface area contributed by atoms with Gasteiger partial charge in [0.15, 0.2) is 5.82 Å². The maximum absolute atomic E-state index is 10.9. The van der Waals surface area contributed by atoms with Crippen LogP contribution in [0.5, 0.6) is 0 Å². The normalized spacial score (nSPS) is 24.1. The van der Waals surface area contributed by atoms with E-state index in [1.807, 2.05) is 7.05 Å². The lowest BCUT2D eigenvalue weighted by Gasteiger charge is -2.27. The average Bonchev–Trinajstić information content (AvgIpc) is 2.75. The molecule has 2 atom stereocenters. The molecule has 100 valence electrons. The Bertz CT molecular complexity index is 405. The van der Waals surface area contributed by atoms with Crippen molar-refractivity contribution in [2.24, 2.45) is 13.0 Å². The highest BCUT2D eigenvalue weighted by molar-refractivity contribution is 5.70. The molecular weight excluding hydrogens is 232 g/mol. The average molecular weight is 252 g/mol. The van der Waals surface area contributed by atoms with Gasteiger partial charge in [-0.25, -0.2) is 4.98 Å². The Morgan fingerprint density at radius 2 is 2.44 bits per heavy atom. The summed E-state index contributed by atoms with van der Waals surface area (Å²) in [5.74, 6) is -0.00675. The van der Waals surface area contributed by atoms with E-state index >= 15 is 0 Å². The first-order valence-electron chi connectivity index (χ1n) is 6.46. The fourth-order valence-corrected chi connectivity index (χ4v) is 2.49. The SMILES string of the molecule is Cn1cnc(CCNC2CCCC(C(=O)O)C2)n1. The lowest BCUT2D eigenvalue weighted by molar-refractivity contribution is -0.143. The van der Waals surface area contributed by atoms with Crippen molar-refractivity contribution in [2.75, 3.05) is 6.54 Å². The Balaban J connectivity index is 1.71. The fourth-order valence-electron chi connectivity index (χ4n) is 2.49. The van der Waals surface area contributed by atoms with E-state index in [0.29, 0.717) is 6.04 Å². The number of hydrogen-bond acceptors (Lipinski definition) is 4. The zero-order valence-electron chi connectivity index (χ0n) is 10.7. The van der Waals surface area contributed by atoms with Gasteiger partial charge in [0, 0.05) is 26.1 Å². The van der Waals surface area contributed by atoms with E-state index in [9.17, 15) is 4.79 Å². The number of aryl methyl sites for hydroxylation is 1. The van der Waals surface area contributed by atoms with E-state index in [2.05, 4.69) is 15.4 Å². The van der Waals surface area contributed by atoms with Crippen LogP contribution in [0.4, 0.5) is 0 Å². The number of rotatable bonds is 5. The highest BCUT2D eigenvalue weighted by Crippen LogP contribution is 2.24. The molecule has 0 amide bonds. The zero-order valence-corrected chi connectivity index (χ0v) is 10.7. The number of carboxylic acids is 1. The van der Waals surface area contributed by atoms with Crippen LogP contribution in [0.25, 0.3) is 0 Å². The molecule has 1 aliphatic rings. The Hall–Kier alpha value is -1.43. The summed E-state index contributed by atoms with van der Waals surface area (Å²) < 4.78 is 1.69. The standard InChI is InChI=1S/C12H20N4O2/c1-16-8-14-11(15-16)5-6-13-10-4-2-3-9(7-10)12(17)18/h8-10,13H,2-7H2,1H3,(H,17,18). The van der Waals surface area contributed by atoms with Crippen molar-refractivity contribution in [3.63, 3.8) is 0 Å². The number of hydrogen-bond donors (Lipinski definition) is 2. The van der Waals surface area contributed by atoms with Gasteiger partial charge in [0.2, 0.25) is 0 Å². The minimum atomic E-state index is -0.659. The molecule has 0 saturated heterocycles. The number of nitrogens with one attached hydrogen (secondary N) is 1. The Morgan fingerprint density at radius 1 is 1.61 bits per heavy atom.